The molecular weight excluding hydrogens is 407 g/mol. The number of hydrogen-bond acceptors (Lipinski definition) is 4. The van der Waals surface area contributed by atoms with E-state index in [9.17, 15) is 19.1 Å². The Balaban J connectivity index is 1.75. The minimum atomic E-state index is -0.703. The van der Waals surface area contributed by atoms with Gasteiger partial charge in [-0.15, -0.1) is 0 Å². The Morgan fingerprint density at radius 1 is 1.00 bits per heavy atom. The van der Waals surface area contributed by atoms with Crippen molar-refractivity contribution in [1.82, 2.24) is 9.80 Å². The second kappa shape index (κ2) is 9.25. The lowest BCUT2D eigenvalue weighted by Gasteiger charge is -2.27. The fourth-order valence-electron chi connectivity index (χ4n) is 4.54. The summed E-state index contributed by atoms with van der Waals surface area (Å²) in [6.07, 6.45) is 2.28. The third kappa shape index (κ3) is 4.32. The van der Waals surface area contributed by atoms with E-state index in [0.29, 0.717) is 24.6 Å². The molecule has 32 heavy (non-hydrogen) atoms. The standard InChI is InChI=1S/C26H29FN2O3/c1-17(2)18-5-7-19(8-6-18)23-22(24(30)20-9-11-21(27)12-10-20)25(31)26(32)29(23)16-15-28-13-3-4-14-28/h5-12,17,23,30H,3-4,13-16H2,1-2H3/b24-22+. The first-order chi connectivity index (χ1) is 15.4. The summed E-state index contributed by atoms with van der Waals surface area (Å²) in [6.45, 7) is 7.28. The molecule has 6 heteroatoms. The second-order valence-corrected chi connectivity index (χ2v) is 8.87. The van der Waals surface area contributed by atoms with Gasteiger partial charge < -0.3 is 14.9 Å². The van der Waals surface area contributed by atoms with Crippen LogP contribution in [0.2, 0.25) is 0 Å². The molecule has 2 fully saturated rings. The molecular formula is C26H29FN2O3. The molecule has 1 atom stereocenters. The lowest BCUT2D eigenvalue weighted by atomic mass is 9.93. The maximum atomic E-state index is 13.4. The summed E-state index contributed by atoms with van der Waals surface area (Å²) in [5, 5.41) is 11.0. The molecule has 2 heterocycles. The number of carbonyl (C=O) groups is 2. The van der Waals surface area contributed by atoms with Gasteiger partial charge in [0.15, 0.2) is 0 Å². The SMILES string of the molecule is CC(C)c1ccc(C2/C(=C(\O)c3ccc(F)cc3)C(=O)C(=O)N2CCN2CCCC2)cc1. The second-order valence-electron chi connectivity index (χ2n) is 8.87. The Morgan fingerprint density at radius 3 is 2.22 bits per heavy atom. The van der Waals surface area contributed by atoms with Crippen LogP contribution in [0.15, 0.2) is 54.1 Å². The molecule has 0 spiro atoms. The smallest absolute Gasteiger partial charge is 0.295 e. The predicted molar refractivity (Wildman–Crippen MR) is 122 cm³/mol. The van der Waals surface area contributed by atoms with Crippen molar-refractivity contribution in [1.29, 1.82) is 0 Å². The molecule has 1 N–H and O–H groups in total. The van der Waals surface area contributed by atoms with Crippen LogP contribution in [0.25, 0.3) is 5.76 Å². The number of nitrogens with zero attached hydrogens (tertiary/aromatic N) is 2. The van der Waals surface area contributed by atoms with Crippen molar-refractivity contribution < 1.29 is 19.1 Å². The molecule has 2 aliphatic heterocycles. The maximum absolute atomic E-state index is 13.4. The van der Waals surface area contributed by atoms with Gasteiger partial charge in [-0.2, -0.15) is 0 Å². The number of benzene rings is 2. The van der Waals surface area contributed by atoms with E-state index in [1.165, 1.54) is 24.3 Å². The van der Waals surface area contributed by atoms with Gasteiger partial charge in [0.2, 0.25) is 0 Å². The molecule has 1 unspecified atom stereocenters. The normalized spacial score (nSPS) is 21.1. The van der Waals surface area contributed by atoms with Crippen LogP contribution in [-0.4, -0.2) is 52.8 Å². The average Bonchev–Trinajstić information content (AvgIpc) is 3.39. The fraction of sp³-hybridized carbons (Fsp3) is 0.385. The molecule has 0 saturated carbocycles. The number of aliphatic hydroxyl groups excluding tert-OH is 1. The number of amides is 1. The van der Waals surface area contributed by atoms with Crippen molar-refractivity contribution in [3.05, 3.63) is 76.6 Å². The molecule has 5 nitrogen and oxygen atoms in total. The Morgan fingerprint density at radius 2 is 1.62 bits per heavy atom. The number of rotatable bonds is 6. The number of aliphatic hydroxyl groups is 1. The van der Waals surface area contributed by atoms with Gasteiger partial charge in [-0.25, -0.2) is 4.39 Å². The van der Waals surface area contributed by atoms with Crippen LogP contribution in [0.4, 0.5) is 4.39 Å². The molecule has 0 aliphatic carbocycles. The van der Waals surface area contributed by atoms with Gasteiger partial charge in [0, 0.05) is 18.7 Å². The van der Waals surface area contributed by atoms with Crippen LogP contribution in [-0.2, 0) is 9.59 Å². The largest absolute Gasteiger partial charge is 0.507 e. The zero-order valence-corrected chi connectivity index (χ0v) is 18.6. The topological polar surface area (TPSA) is 60.9 Å². The molecule has 2 aliphatic rings. The molecule has 1 amide bonds. The Bertz CT molecular complexity index is 1020. The summed E-state index contributed by atoms with van der Waals surface area (Å²) in [4.78, 5) is 29.9. The molecule has 2 aromatic carbocycles. The van der Waals surface area contributed by atoms with Crippen molar-refractivity contribution in [2.24, 2.45) is 0 Å². The average molecular weight is 437 g/mol. The molecule has 4 rings (SSSR count). The highest BCUT2D eigenvalue weighted by molar-refractivity contribution is 6.46. The first kappa shape index (κ1) is 22.2. The van der Waals surface area contributed by atoms with Gasteiger partial charge in [0.05, 0.1) is 11.6 Å². The summed E-state index contributed by atoms with van der Waals surface area (Å²) in [6, 6.07) is 12.5. The van der Waals surface area contributed by atoms with Gasteiger partial charge >= 0.3 is 0 Å². The lowest BCUT2D eigenvalue weighted by Crippen LogP contribution is -2.37. The first-order valence-electron chi connectivity index (χ1n) is 11.2. The van der Waals surface area contributed by atoms with E-state index < -0.39 is 23.5 Å². The first-order valence-corrected chi connectivity index (χ1v) is 11.2. The highest BCUT2D eigenvalue weighted by atomic mass is 19.1. The van der Waals surface area contributed by atoms with E-state index in [0.717, 1.165) is 37.1 Å². The van der Waals surface area contributed by atoms with Gasteiger partial charge in [0.1, 0.15) is 11.6 Å². The lowest BCUT2D eigenvalue weighted by molar-refractivity contribution is -0.140. The van der Waals surface area contributed by atoms with E-state index in [2.05, 4.69) is 18.7 Å². The van der Waals surface area contributed by atoms with Crippen LogP contribution in [0.5, 0.6) is 0 Å². The molecule has 0 bridgehead atoms. The van der Waals surface area contributed by atoms with Crippen LogP contribution >= 0.6 is 0 Å². The van der Waals surface area contributed by atoms with Crippen molar-refractivity contribution in [3.8, 4) is 0 Å². The van der Waals surface area contributed by atoms with Crippen LogP contribution in [0.3, 0.4) is 0 Å². The highest BCUT2D eigenvalue weighted by Gasteiger charge is 2.46. The van der Waals surface area contributed by atoms with Crippen LogP contribution in [0.1, 0.15) is 55.3 Å². The molecule has 2 saturated heterocycles. The van der Waals surface area contributed by atoms with Crippen molar-refractivity contribution in [2.75, 3.05) is 26.2 Å². The monoisotopic (exact) mass is 436 g/mol. The minimum Gasteiger partial charge on any atom is -0.507 e. The van der Waals surface area contributed by atoms with Gasteiger partial charge in [0.25, 0.3) is 11.7 Å². The number of halogens is 1. The third-order valence-corrected chi connectivity index (χ3v) is 6.43. The van der Waals surface area contributed by atoms with E-state index in [1.807, 2.05) is 24.3 Å². The highest BCUT2D eigenvalue weighted by Crippen LogP contribution is 2.39. The van der Waals surface area contributed by atoms with Gasteiger partial charge in [-0.05, 0) is 67.2 Å². The van der Waals surface area contributed by atoms with Crippen LogP contribution < -0.4 is 0 Å². The Labute approximate surface area is 188 Å². The van der Waals surface area contributed by atoms with E-state index >= 15 is 0 Å². The predicted octanol–water partition coefficient (Wildman–Crippen LogP) is 4.47. The number of Topliss-reactive ketones (excluding diaryl/α,β-unsaturated/α-hetero) is 1. The van der Waals surface area contributed by atoms with E-state index in [4.69, 9.17) is 0 Å². The van der Waals surface area contributed by atoms with Crippen molar-refractivity contribution >= 4 is 17.4 Å². The number of likely N-dealkylation sites (tertiary alicyclic amines) is 2. The number of hydrogen-bond donors (Lipinski definition) is 1. The van der Waals surface area contributed by atoms with Crippen LogP contribution in [0, 0.1) is 5.82 Å². The third-order valence-electron chi connectivity index (χ3n) is 6.43. The fourth-order valence-corrected chi connectivity index (χ4v) is 4.54. The van der Waals surface area contributed by atoms with Crippen molar-refractivity contribution in [2.45, 2.75) is 38.6 Å². The number of carbonyl (C=O) groups excluding carboxylic acids is 2. The summed E-state index contributed by atoms with van der Waals surface area (Å²) >= 11 is 0. The van der Waals surface area contributed by atoms with Crippen molar-refractivity contribution in [3.63, 3.8) is 0 Å². The zero-order valence-electron chi connectivity index (χ0n) is 18.6. The van der Waals surface area contributed by atoms with E-state index in [-0.39, 0.29) is 11.3 Å². The summed E-state index contributed by atoms with van der Waals surface area (Å²) < 4.78 is 13.4. The molecule has 0 aromatic heterocycles. The van der Waals surface area contributed by atoms with E-state index in [1.54, 1.807) is 4.90 Å². The molecule has 2 aromatic rings. The zero-order chi connectivity index (χ0) is 22.8. The Hall–Kier alpha value is -2.99. The Kier molecular flexibility index (Phi) is 6.42. The van der Waals surface area contributed by atoms with Gasteiger partial charge in [-0.3, -0.25) is 9.59 Å². The summed E-state index contributed by atoms with van der Waals surface area (Å²) in [5.74, 6) is -1.67. The summed E-state index contributed by atoms with van der Waals surface area (Å²) in [5.41, 5.74) is 2.30. The van der Waals surface area contributed by atoms with Gasteiger partial charge in [-0.1, -0.05) is 38.1 Å². The molecule has 168 valence electrons. The molecule has 0 radical (unpaired) electrons. The minimum absolute atomic E-state index is 0.0559. The number of ketones is 1. The quantitative estimate of drug-likeness (QED) is 0.412. The summed E-state index contributed by atoms with van der Waals surface area (Å²) in [7, 11) is 0. The maximum Gasteiger partial charge on any atom is 0.295 e.